The number of amides is 3. The molecule has 1 aliphatic heterocycles. The third-order valence-electron chi connectivity index (χ3n) is 5.32. The van der Waals surface area contributed by atoms with E-state index in [1.807, 2.05) is 48.2 Å². The number of rotatable bonds is 7. The lowest BCUT2D eigenvalue weighted by atomic mass is 10.0. The van der Waals surface area contributed by atoms with Crippen LogP contribution in [0.2, 0.25) is 0 Å². The van der Waals surface area contributed by atoms with E-state index in [0.717, 1.165) is 41.1 Å². The minimum atomic E-state index is -0.479. The first-order chi connectivity index (χ1) is 15.0. The molecule has 0 saturated heterocycles. The fourth-order valence-electron chi connectivity index (χ4n) is 3.81. The highest BCUT2D eigenvalue weighted by molar-refractivity contribution is 6.07. The molecule has 3 amide bonds. The van der Waals surface area contributed by atoms with E-state index in [-0.39, 0.29) is 25.6 Å². The van der Waals surface area contributed by atoms with E-state index in [9.17, 15) is 14.4 Å². The van der Waals surface area contributed by atoms with Gasteiger partial charge in [0.1, 0.15) is 12.8 Å². The maximum atomic E-state index is 13.3. The van der Waals surface area contributed by atoms with E-state index in [0.29, 0.717) is 18.4 Å². The molecule has 0 spiro atoms. The number of benzene rings is 2. The van der Waals surface area contributed by atoms with Crippen molar-refractivity contribution in [1.29, 1.82) is 0 Å². The van der Waals surface area contributed by atoms with Gasteiger partial charge in [0.15, 0.2) is 0 Å². The van der Waals surface area contributed by atoms with Crippen molar-refractivity contribution in [3.8, 4) is 0 Å². The molecular weight excluding hydrogens is 394 g/mol. The fraction of sp³-hybridized carbons (Fsp3) is 0.375. The summed E-state index contributed by atoms with van der Waals surface area (Å²) in [6.07, 6.45) is 3.64. The smallest absolute Gasteiger partial charge is 0.332 e. The zero-order chi connectivity index (χ0) is 22.2. The Bertz CT molecular complexity index is 944. The first kappa shape index (κ1) is 22.5. The first-order valence-electron chi connectivity index (χ1n) is 10.7. The lowest BCUT2D eigenvalue weighted by Gasteiger charge is -2.24. The van der Waals surface area contributed by atoms with Crippen molar-refractivity contribution in [2.45, 2.75) is 39.7 Å². The minimum Gasteiger partial charge on any atom is -0.332 e. The second kappa shape index (κ2) is 10.7. The quantitative estimate of drug-likeness (QED) is 0.545. The molecule has 1 heterocycles. The van der Waals surface area contributed by atoms with Gasteiger partial charge in [-0.1, -0.05) is 30.3 Å². The molecule has 0 atom stereocenters. The van der Waals surface area contributed by atoms with Crippen LogP contribution in [-0.4, -0.2) is 43.0 Å². The van der Waals surface area contributed by atoms with Crippen molar-refractivity contribution in [3.63, 3.8) is 0 Å². The molecule has 2 aromatic carbocycles. The summed E-state index contributed by atoms with van der Waals surface area (Å²) < 4.78 is 0. The Kier molecular flexibility index (Phi) is 7.78. The lowest BCUT2D eigenvalue weighted by Crippen LogP contribution is -2.40. The number of para-hydroxylation sites is 1. The maximum Gasteiger partial charge on any atom is 0.342 e. The summed E-state index contributed by atoms with van der Waals surface area (Å²) in [6.45, 7) is 4.77. The van der Waals surface area contributed by atoms with Gasteiger partial charge < -0.3 is 15.0 Å². The molecule has 0 radical (unpaired) electrons. The molecule has 0 bridgehead atoms. The molecule has 0 unspecified atom stereocenters. The number of nitrogens with zero attached hydrogens (tertiary/aromatic N) is 2. The van der Waals surface area contributed by atoms with Crippen molar-refractivity contribution in [3.05, 3.63) is 64.7 Å². The number of fused-ring (bicyclic) bond motifs is 1. The number of nitrogens with one attached hydrogen (secondary N) is 1. The average Bonchev–Trinajstić information content (AvgIpc) is 2.99. The van der Waals surface area contributed by atoms with E-state index in [1.165, 1.54) is 5.56 Å². The monoisotopic (exact) mass is 423 g/mol. The standard InChI is InChI=1S/C24H29N3O4/c1-3-31-27(14-15-28)24(30)25-17-19-11-12-21(18(2)16-19)23(29)26-13-7-6-9-20-8-4-5-10-22(20)26/h4-5,8,10-12,15-16H,3,6-7,9,13-14,17H2,1-2H3,(H,25,30). The summed E-state index contributed by atoms with van der Waals surface area (Å²) in [6, 6.07) is 13.2. The average molecular weight is 424 g/mol. The van der Waals surface area contributed by atoms with Crippen molar-refractivity contribution in [2.75, 3.05) is 24.6 Å². The first-order valence-corrected chi connectivity index (χ1v) is 10.7. The number of urea groups is 1. The van der Waals surface area contributed by atoms with E-state index in [1.54, 1.807) is 6.92 Å². The Morgan fingerprint density at radius 1 is 1.19 bits per heavy atom. The number of hydroxylamine groups is 2. The van der Waals surface area contributed by atoms with Gasteiger partial charge >= 0.3 is 6.03 Å². The van der Waals surface area contributed by atoms with Crippen LogP contribution < -0.4 is 10.2 Å². The molecule has 0 aliphatic carbocycles. The second-order valence-electron chi connectivity index (χ2n) is 7.50. The molecule has 31 heavy (non-hydrogen) atoms. The van der Waals surface area contributed by atoms with Gasteiger partial charge in [0, 0.05) is 24.3 Å². The van der Waals surface area contributed by atoms with Gasteiger partial charge in [0.25, 0.3) is 5.91 Å². The van der Waals surface area contributed by atoms with Gasteiger partial charge in [-0.05, 0) is 61.9 Å². The number of carbonyl (C=O) groups excluding carboxylic acids is 3. The fourth-order valence-corrected chi connectivity index (χ4v) is 3.81. The van der Waals surface area contributed by atoms with Crippen LogP contribution >= 0.6 is 0 Å². The number of aldehydes is 1. The van der Waals surface area contributed by atoms with Crippen LogP contribution in [0, 0.1) is 6.92 Å². The van der Waals surface area contributed by atoms with Crippen LogP contribution in [0.5, 0.6) is 0 Å². The topological polar surface area (TPSA) is 79.0 Å². The molecule has 0 fully saturated rings. The molecule has 0 aromatic heterocycles. The van der Waals surface area contributed by atoms with Crippen LogP contribution in [0.3, 0.4) is 0 Å². The maximum absolute atomic E-state index is 13.3. The van der Waals surface area contributed by atoms with Crippen LogP contribution in [0.15, 0.2) is 42.5 Å². The predicted molar refractivity (Wildman–Crippen MR) is 119 cm³/mol. The molecule has 3 rings (SSSR count). The van der Waals surface area contributed by atoms with Crippen LogP contribution in [-0.2, 0) is 22.6 Å². The Labute approximate surface area is 182 Å². The van der Waals surface area contributed by atoms with E-state index < -0.39 is 6.03 Å². The molecule has 2 aromatic rings. The number of hydrogen-bond donors (Lipinski definition) is 1. The highest BCUT2D eigenvalue weighted by Crippen LogP contribution is 2.28. The van der Waals surface area contributed by atoms with Gasteiger partial charge in [-0.2, -0.15) is 5.06 Å². The SMILES string of the molecule is CCON(CC=O)C(=O)NCc1ccc(C(=O)N2CCCCc3ccccc32)c(C)c1. The Morgan fingerprint density at radius 2 is 2.00 bits per heavy atom. The zero-order valence-corrected chi connectivity index (χ0v) is 18.1. The molecular formula is C24H29N3O4. The van der Waals surface area contributed by atoms with E-state index >= 15 is 0 Å². The van der Waals surface area contributed by atoms with Crippen molar-refractivity contribution < 1.29 is 19.2 Å². The molecule has 7 heteroatoms. The highest BCUT2D eigenvalue weighted by atomic mass is 16.7. The third-order valence-corrected chi connectivity index (χ3v) is 5.32. The minimum absolute atomic E-state index is 0.00376. The van der Waals surface area contributed by atoms with Gasteiger partial charge in [-0.15, -0.1) is 0 Å². The predicted octanol–water partition coefficient (Wildman–Crippen LogP) is 3.64. The van der Waals surface area contributed by atoms with E-state index in [2.05, 4.69) is 11.4 Å². The largest absolute Gasteiger partial charge is 0.342 e. The zero-order valence-electron chi connectivity index (χ0n) is 18.1. The number of carbonyl (C=O) groups is 3. The highest BCUT2D eigenvalue weighted by Gasteiger charge is 2.23. The summed E-state index contributed by atoms with van der Waals surface area (Å²) in [5, 5.41) is 3.73. The van der Waals surface area contributed by atoms with E-state index in [4.69, 9.17) is 4.84 Å². The summed E-state index contributed by atoms with van der Waals surface area (Å²) in [4.78, 5) is 43.3. The summed E-state index contributed by atoms with van der Waals surface area (Å²) in [5.41, 5.74) is 4.57. The van der Waals surface area contributed by atoms with Crippen molar-refractivity contribution >= 4 is 23.9 Å². The molecule has 1 N–H and O–H groups in total. The van der Waals surface area contributed by atoms with Crippen molar-refractivity contribution in [2.24, 2.45) is 0 Å². The molecule has 1 aliphatic rings. The Balaban J connectivity index is 1.71. The van der Waals surface area contributed by atoms with Gasteiger partial charge in [-0.3, -0.25) is 9.63 Å². The van der Waals surface area contributed by atoms with Crippen LogP contribution in [0.25, 0.3) is 0 Å². The van der Waals surface area contributed by atoms with Gasteiger partial charge in [0.05, 0.1) is 6.61 Å². The Morgan fingerprint density at radius 3 is 2.74 bits per heavy atom. The second-order valence-corrected chi connectivity index (χ2v) is 7.50. The lowest BCUT2D eigenvalue weighted by molar-refractivity contribution is -0.130. The molecule has 164 valence electrons. The third kappa shape index (κ3) is 5.49. The van der Waals surface area contributed by atoms with Crippen molar-refractivity contribution in [1.82, 2.24) is 10.4 Å². The number of aryl methyl sites for hydroxylation is 2. The van der Waals surface area contributed by atoms with Crippen LogP contribution in [0.4, 0.5) is 10.5 Å². The van der Waals surface area contributed by atoms with Crippen LogP contribution in [0.1, 0.15) is 46.8 Å². The van der Waals surface area contributed by atoms with Gasteiger partial charge in [-0.25, -0.2) is 4.79 Å². The normalized spacial score (nSPS) is 13.2. The number of hydrogen-bond acceptors (Lipinski definition) is 4. The molecule has 0 saturated carbocycles. The summed E-state index contributed by atoms with van der Waals surface area (Å²) in [5.74, 6) is -0.00376. The van der Waals surface area contributed by atoms with Gasteiger partial charge in [0.2, 0.25) is 0 Å². The summed E-state index contributed by atoms with van der Waals surface area (Å²) in [7, 11) is 0. The Hall–Kier alpha value is -3.19. The summed E-state index contributed by atoms with van der Waals surface area (Å²) >= 11 is 0. The molecule has 7 nitrogen and oxygen atoms in total. The number of anilines is 1.